The van der Waals surface area contributed by atoms with Crippen LogP contribution >= 0.6 is 0 Å². The number of imide groups is 2. The van der Waals surface area contributed by atoms with Crippen molar-refractivity contribution in [2.24, 2.45) is 0 Å². The maximum absolute atomic E-state index is 12.5. The van der Waals surface area contributed by atoms with Crippen molar-refractivity contribution in [2.45, 2.75) is 32.2 Å². The number of nitrogens with zero attached hydrogens (tertiary/aromatic N) is 1. The first-order valence-corrected chi connectivity index (χ1v) is 6.78. The highest BCUT2D eigenvalue weighted by atomic mass is 16.2. The first-order valence-electron chi connectivity index (χ1n) is 6.78. The molecule has 1 N–H and O–H groups in total. The van der Waals surface area contributed by atoms with E-state index in [1.165, 1.54) is 0 Å². The summed E-state index contributed by atoms with van der Waals surface area (Å²) in [6.07, 6.45) is 6.04. The number of piperidine rings is 1. The zero-order chi connectivity index (χ0) is 15.1. The van der Waals surface area contributed by atoms with Crippen LogP contribution < -0.4 is 5.32 Å². The Morgan fingerprint density at radius 1 is 1.19 bits per heavy atom. The second-order valence-electron chi connectivity index (χ2n) is 5.33. The lowest BCUT2D eigenvalue weighted by Gasteiger charge is -2.28. The van der Waals surface area contributed by atoms with E-state index in [-0.39, 0.29) is 18.7 Å². The van der Waals surface area contributed by atoms with Crippen LogP contribution in [-0.2, 0) is 19.2 Å². The number of carbonyl (C=O) groups is 4. The predicted octanol–water partition coefficient (Wildman–Crippen LogP) is 0.363. The molecule has 3 aliphatic rings. The first-order chi connectivity index (χ1) is 9.99. The monoisotopic (exact) mass is 286 g/mol. The molecule has 1 fully saturated rings. The fraction of sp³-hybridized carbons (Fsp3) is 0.333. The van der Waals surface area contributed by atoms with Gasteiger partial charge in [0.15, 0.2) is 0 Å². The Bertz CT molecular complexity index is 669. The quantitative estimate of drug-likeness (QED) is 0.706. The van der Waals surface area contributed by atoms with Gasteiger partial charge in [-0.25, -0.2) is 0 Å². The number of allylic oxidation sites excluding steroid dienone is 3. The molecule has 2 aliphatic heterocycles. The van der Waals surface area contributed by atoms with Gasteiger partial charge in [0.25, 0.3) is 11.8 Å². The van der Waals surface area contributed by atoms with Crippen molar-refractivity contribution in [3.05, 3.63) is 34.9 Å². The van der Waals surface area contributed by atoms with Gasteiger partial charge in [-0.1, -0.05) is 17.7 Å². The molecule has 0 aromatic heterocycles. The van der Waals surface area contributed by atoms with Crippen molar-refractivity contribution in [1.82, 2.24) is 10.2 Å². The van der Waals surface area contributed by atoms with Crippen LogP contribution in [0.15, 0.2) is 34.9 Å². The lowest BCUT2D eigenvalue weighted by Crippen LogP contribution is -2.54. The van der Waals surface area contributed by atoms with Crippen molar-refractivity contribution in [3.8, 4) is 0 Å². The van der Waals surface area contributed by atoms with Gasteiger partial charge < -0.3 is 0 Å². The van der Waals surface area contributed by atoms with E-state index in [2.05, 4.69) is 5.32 Å². The molecule has 0 aromatic carbocycles. The molecular weight excluding hydrogens is 272 g/mol. The van der Waals surface area contributed by atoms with E-state index in [9.17, 15) is 19.2 Å². The Morgan fingerprint density at radius 3 is 2.67 bits per heavy atom. The zero-order valence-electron chi connectivity index (χ0n) is 11.5. The first kappa shape index (κ1) is 13.5. The van der Waals surface area contributed by atoms with Gasteiger partial charge in [-0.05, 0) is 25.8 Å². The number of nitrogens with one attached hydrogen (secondary N) is 1. The fourth-order valence-electron chi connectivity index (χ4n) is 2.81. The summed E-state index contributed by atoms with van der Waals surface area (Å²) in [7, 11) is 0. The fourth-order valence-corrected chi connectivity index (χ4v) is 2.81. The summed E-state index contributed by atoms with van der Waals surface area (Å²) in [4.78, 5) is 49.0. The standard InChI is InChI=1S/C15H14N2O4/c1-8-3-2-4-9-10(7-8)15(21)17(14(9)20)11-5-6-12(18)16-13(11)19/h2-3,7,11H,4-6H2,1H3,(H,16,18,19). The molecule has 0 saturated carbocycles. The molecule has 0 aromatic rings. The second kappa shape index (κ2) is 4.80. The molecule has 2 heterocycles. The van der Waals surface area contributed by atoms with E-state index in [1.807, 2.05) is 19.1 Å². The molecule has 3 rings (SSSR count). The van der Waals surface area contributed by atoms with E-state index < -0.39 is 23.8 Å². The Labute approximate surface area is 121 Å². The van der Waals surface area contributed by atoms with E-state index in [0.29, 0.717) is 17.6 Å². The third kappa shape index (κ3) is 2.12. The number of hydrogen-bond acceptors (Lipinski definition) is 4. The largest absolute Gasteiger partial charge is 0.295 e. The van der Waals surface area contributed by atoms with Crippen LogP contribution in [0.25, 0.3) is 0 Å². The van der Waals surface area contributed by atoms with Crippen molar-refractivity contribution in [1.29, 1.82) is 0 Å². The summed E-state index contributed by atoms with van der Waals surface area (Å²) < 4.78 is 0. The van der Waals surface area contributed by atoms with Gasteiger partial charge in [-0.15, -0.1) is 0 Å². The zero-order valence-corrected chi connectivity index (χ0v) is 11.5. The topological polar surface area (TPSA) is 83.6 Å². The summed E-state index contributed by atoms with van der Waals surface area (Å²) in [6.45, 7) is 1.85. The second-order valence-corrected chi connectivity index (χ2v) is 5.33. The maximum atomic E-state index is 12.5. The van der Waals surface area contributed by atoms with E-state index in [0.717, 1.165) is 10.5 Å². The SMILES string of the molecule is CC1=CC2=C(CC=C1)C(=O)N(C1CCC(=O)NC1=O)C2=O. The Morgan fingerprint density at radius 2 is 1.95 bits per heavy atom. The molecule has 6 heteroatoms. The minimum absolute atomic E-state index is 0.132. The molecule has 0 spiro atoms. The summed E-state index contributed by atoms with van der Waals surface area (Å²) in [5, 5.41) is 2.18. The Hall–Kier alpha value is -2.50. The molecule has 1 aliphatic carbocycles. The highest BCUT2D eigenvalue weighted by molar-refractivity contribution is 6.23. The van der Waals surface area contributed by atoms with Crippen LogP contribution in [0.5, 0.6) is 0 Å². The molecular formula is C15H14N2O4. The molecule has 1 saturated heterocycles. The Kier molecular flexibility index (Phi) is 3.08. The Balaban J connectivity index is 1.93. The highest BCUT2D eigenvalue weighted by Gasteiger charge is 2.45. The van der Waals surface area contributed by atoms with Gasteiger partial charge in [0.2, 0.25) is 11.8 Å². The lowest BCUT2D eigenvalue weighted by atomic mass is 10.0. The van der Waals surface area contributed by atoms with E-state index in [1.54, 1.807) is 6.08 Å². The van der Waals surface area contributed by atoms with Crippen molar-refractivity contribution >= 4 is 23.6 Å². The third-order valence-corrected chi connectivity index (χ3v) is 3.85. The predicted molar refractivity (Wildman–Crippen MR) is 72.6 cm³/mol. The van der Waals surface area contributed by atoms with Crippen molar-refractivity contribution < 1.29 is 19.2 Å². The molecule has 4 amide bonds. The lowest BCUT2D eigenvalue weighted by molar-refractivity contribution is -0.150. The average Bonchev–Trinajstić information content (AvgIpc) is 2.59. The van der Waals surface area contributed by atoms with Crippen LogP contribution in [0.2, 0.25) is 0 Å². The molecule has 0 bridgehead atoms. The summed E-state index contributed by atoms with van der Waals surface area (Å²) >= 11 is 0. The maximum Gasteiger partial charge on any atom is 0.261 e. The molecule has 1 atom stereocenters. The molecule has 21 heavy (non-hydrogen) atoms. The van der Waals surface area contributed by atoms with Gasteiger partial charge in [-0.3, -0.25) is 29.4 Å². The summed E-state index contributed by atoms with van der Waals surface area (Å²) in [6, 6.07) is -0.896. The number of amides is 4. The summed E-state index contributed by atoms with van der Waals surface area (Å²) in [5.41, 5.74) is 1.65. The van der Waals surface area contributed by atoms with Crippen molar-refractivity contribution in [2.75, 3.05) is 0 Å². The average molecular weight is 286 g/mol. The van der Waals surface area contributed by atoms with Crippen LogP contribution in [0, 0.1) is 0 Å². The van der Waals surface area contributed by atoms with Crippen LogP contribution in [-0.4, -0.2) is 34.6 Å². The minimum atomic E-state index is -0.896. The van der Waals surface area contributed by atoms with E-state index >= 15 is 0 Å². The highest BCUT2D eigenvalue weighted by Crippen LogP contribution is 2.31. The van der Waals surface area contributed by atoms with Gasteiger partial charge in [0.05, 0.1) is 0 Å². The van der Waals surface area contributed by atoms with Gasteiger partial charge in [0, 0.05) is 17.6 Å². The normalized spacial score (nSPS) is 25.9. The molecule has 108 valence electrons. The molecule has 0 radical (unpaired) electrons. The molecule has 6 nitrogen and oxygen atoms in total. The van der Waals surface area contributed by atoms with Crippen LogP contribution in [0.1, 0.15) is 26.2 Å². The third-order valence-electron chi connectivity index (χ3n) is 3.85. The molecule has 1 unspecified atom stereocenters. The number of hydrogen-bond donors (Lipinski definition) is 1. The summed E-state index contributed by atoms with van der Waals surface area (Å²) in [5.74, 6) is -1.84. The van der Waals surface area contributed by atoms with Crippen LogP contribution in [0.4, 0.5) is 0 Å². The number of carbonyl (C=O) groups excluding carboxylic acids is 4. The minimum Gasteiger partial charge on any atom is -0.295 e. The van der Waals surface area contributed by atoms with Crippen molar-refractivity contribution in [3.63, 3.8) is 0 Å². The van der Waals surface area contributed by atoms with Crippen LogP contribution in [0.3, 0.4) is 0 Å². The van der Waals surface area contributed by atoms with E-state index in [4.69, 9.17) is 0 Å². The van der Waals surface area contributed by atoms with Gasteiger partial charge in [-0.2, -0.15) is 0 Å². The van der Waals surface area contributed by atoms with Gasteiger partial charge >= 0.3 is 0 Å². The smallest absolute Gasteiger partial charge is 0.261 e. The van der Waals surface area contributed by atoms with Gasteiger partial charge in [0.1, 0.15) is 6.04 Å². The number of rotatable bonds is 1.